The number of aliphatic carboxylic acids is 1. The highest BCUT2D eigenvalue weighted by molar-refractivity contribution is 6.42. The van der Waals surface area contributed by atoms with Crippen LogP contribution in [-0.2, 0) is 9.59 Å². The Morgan fingerprint density at radius 2 is 2.05 bits per heavy atom. The molecule has 1 fully saturated rings. The highest BCUT2D eigenvalue weighted by Crippen LogP contribution is 2.26. The summed E-state index contributed by atoms with van der Waals surface area (Å²) < 4.78 is 0. The van der Waals surface area contributed by atoms with E-state index in [4.69, 9.17) is 28.3 Å². The molecule has 7 heteroatoms. The Kier molecular flexibility index (Phi) is 6.06. The molecule has 5 nitrogen and oxygen atoms in total. The number of halogens is 2. The van der Waals surface area contributed by atoms with Crippen molar-refractivity contribution >= 4 is 40.8 Å². The lowest BCUT2D eigenvalue weighted by molar-refractivity contribution is -0.138. The number of carbonyl (C=O) groups excluding carboxylic acids is 1. The predicted octanol–water partition coefficient (Wildman–Crippen LogP) is 3.26. The van der Waals surface area contributed by atoms with Gasteiger partial charge >= 0.3 is 5.97 Å². The summed E-state index contributed by atoms with van der Waals surface area (Å²) in [6, 6.07) is 4.62. The summed E-state index contributed by atoms with van der Waals surface area (Å²) in [5.74, 6) is -0.988. The summed E-state index contributed by atoms with van der Waals surface area (Å²) >= 11 is 11.8. The Morgan fingerprint density at radius 3 is 2.73 bits per heavy atom. The Bertz CT molecular complexity index is 566. The number of hydrogen-bond acceptors (Lipinski definition) is 3. The summed E-state index contributed by atoms with van der Waals surface area (Å²) in [4.78, 5) is 25.1. The summed E-state index contributed by atoms with van der Waals surface area (Å²) in [6.45, 7) is 1.13. The third-order valence-electron chi connectivity index (χ3n) is 3.72. The molecule has 0 saturated carbocycles. The van der Waals surface area contributed by atoms with Crippen molar-refractivity contribution in [1.82, 2.24) is 4.90 Å². The number of nitrogens with zero attached hydrogens (tertiary/aromatic N) is 1. The van der Waals surface area contributed by atoms with Crippen LogP contribution in [0.25, 0.3) is 0 Å². The van der Waals surface area contributed by atoms with Gasteiger partial charge in [-0.25, -0.2) is 0 Å². The molecule has 1 unspecified atom stereocenters. The largest absolute Gasteiger partial charge is 0.481 e. The zero-order chi connectivity index (χ0) is 16.1. The van der Waals surface area contributed by atoms with Crippen LogP contribution in [0.1, 0.15) is 25.7 Å². The number of carboxylic acids is 1. The smallest absolute Gasteiger partial charge is 0.304 e. The number of rotatable bonds is 5. The molecule has 0 spiro atoms. The fourth-order valence-corrected chi connectivity index (χ4v) is 2.89. The third kappa shape index (κ3) is 4.60. The van der Waals surface area contributed by atoms with Crippen molar-refractivity contribution in [2.45, 2.75) is 31.7 Å². The second-order valence-corrected chi connectivity index (χ2v) is 6.12. The van der Waals surface area contributed by atoms with E-state index in [9.17, 15) is 9.59 Å². The van der Waals surface area contributed by atoms with E-state index in [1.54, 1.807) is 18.2 Å². The van der Waals surface area contributed by atoms with Crippen LogP contribution in [0.2, 0.25) is 10.0 Å². The first kappa shape index (κ1) is 17.1. The van der Waals surface area contributed by atoms with Crippen molar-refractivity contribution in [3.05, 3.63) is 28.2 Å². The van der Waals surface area contributed by atoms with Gasteiger partial charge in [0.25, 0.3) is 0 Å². The number of hydrogen-bond donors (Lipinski definition) is 2. The van der Waals surface area contributed by atoms with Gasteiger partial charge in [0.05, 0.1) is 22.5 Å². The number of piperidine rings is 1. The van der Waals surface area contributed by atoms with Crippen LogP contribution >= 0.6 is 23.2 Å². The fourth-order valence-electron chi connectivity index (χ4n) is 2.59. The zero-order valence-corrected chi connectivity index (χ0v) is 13.5. The van der Waals surface area contributed by atoms with Crippen molar-refractivity contribution in [2.24, 2.45) is 0 Å². The molecule has 1 aliphatic rings. The van der Waals surface area contributed by atoms with E-state index in [1.165, 1.54) is 0 Å². The van der Waals surface area contributed by atoms with E-state index < -0.39 is 5.97 Å². The van der Waals surface area contributed by atoms with Crippen molar-refractivity contribution < 1.29 is 14.7 Å². The van der Waals surface area contributed by atoms with Gasteiger partial charge in [-0.1, -0.05) is 29.6 Å². The molecule has 2 rings (SSSR count). The molecule has 1 heterocycles. The normalized spacial score (nSPS) is 18.9. The monoisotopic (exact) mass is 344 g/mol. The van der Waals surface area contributed by atoms with Crippen LogP contribution < -0.4 is 5.32 Å². The van der Waals surface area contributed by atoms with Gasteiger partial charge in [-0.05, 0) is 37.6 Å². The predicted molar refractivity (Wildman–Crippen MR) is 86.6 cm³/mol. The van der Waals surface area contributed by atoms with E-state index in [2.05, 4.69) is 5.32 Å². The molecule has 0 bridgehead atoms. The molecule has 2 N–H and O–H groups in total. The molecular weight excluding hydrogens is 327 g/mol. The SMILES string of the molecule is O=C(O)CCN1CCCCC1C(=O)Nc1ccc(Cl)c(Cl)c1. The lowest BCUT2D eigenvalue weighted by Crippen LogP contribution is -2.47. The molecule has 1 saturated heterocycles. The Hall–Kier alpha value is -1.30. The maximum absolute atomic E-state index is 12.4. The molecule has 0 aromatic heterocycles. The minimum atomic E-state index is -0.853. The van der Waals surface area contributed by atoms with E-state index in [-0.39, 0.29) is 18.4 Å². The quantitative estimate of drug-likeness (QED) is 0.859. The summed E-state index contributed by atoms with van der Waals surface area (Å²) in [7, 11) is 0. The second kappa shape index (κ2) is 7.81. The molecule has 1 aliphatic heterocycles. The number of carboxylic acid groups (broad SMARTS) is 1. The number of likely N-dealkylation sites (tertiary alicyclic amines) is 1. The van der Waals surface area contributed by atoms with Crippen LogP contribution in [0, 0.1) is 0 Å². The summed E-state index contributed by atoms with van der Waals surface area (Å²) in [6.07, 6.45) is 2.71. The average molecular weight is 345 g/mol. The molecule has 1 atom stereocenters. The summed E-state index contributed by atoms with van der Waals surface area (Å²) in [5, 5.41) is 12.4. The van der Waals surface area contributed by atoms with Gasteiger partial charge in [0, 0.05) is 12.2 Å². The number of carbonyl (C=O) groups is 2. The highest BCUT2D eigenvalue weighted by atomic mass is 35.5. The average Bonchev–Trinajstić information content (AvgIpc) is 2.49. The molecule has 120 valence electrons. The zero-order valence-electron chi connectivity index (χ0n) is 12.0. The molecule has 1 amide bonds. The molecule has 22 heavy (non-hydrogen) atoms. The Labute approximate surface area is 139 Å². The van der Waals surface area contributed by atoms with E-state index in [1.807, 2.05) is 4.90 Å². The lowest BCUT2D eigenvalue weighted by Gasteiger charge is -2.34. The van der Waals surface area contributed by atoms with Crippen molar-refractivity contribution in [3.8, 4) is 0 Å². The molecule has 1 aromatic carbocycles. The fraction of sp³-hybridized carbons (Fsp3) is 0.467. The number of nitrogens with one attached hydrogen (secondary N) is 1. The number of anilines is 1. The van der Waals surface area contributed by atoms with Crippen LogP contribution in [0.3, 0.4) is 0 Å². The first-order valence-electron chi connectivity index (χ1n) is 7.19. The third-order valence-corrected chi connectivity index (χ3v) is 4.46. The first-order valence-corrected chi connectivity index (χ1v) is 7.94. The number of benzene rings is 1. The maximum atomic E-state index is 12.4. The van der Waals surface area contributed by atoms with Gasteiger partial charge in [-0.3, -0.25) is 14.5 Å². The van der Waals surface area contributed by atoms with E-state index in [0.717, 1.165) is 25.8 Å². The van der Waals surface area contributed by atoms with E-state index >= 15 is 0 Å². The van der Waals surface area contributed by atoms with Crippen LogP contribution in [-0.4, -0.2) is 41.0 Å². The first-order chi connectivity index (χ1) is 10.5. The van der Waals surface area contributed by atoms with Gasteiger partial charge in [-0.15, -0.1) is 0 Å². The van der Waals surface area contributed by atoms with Crippen molar-refractivity contribution in [1.29, 1.82) is 0 Å². The molecule has 0 aliphatic carbocycles. The van der Waals surface area contributed by atoms with Gasteiger partial charge in [0.2, 0.25) is 5.91 Å². The standard InChI is InChI=1S/C15H18Cl2N2O3/c16-11-5-4-10(9-12(11)17)18-15(22)13-3-1-2-7-19(13)8-6-14(20)21/h4-5,9,13H,1-3,6-8H2,(H,18,22)(H,20,21). The maximum Gasteiger partial charge on any atom is 0.304 e. The summed E-state index contributed by atoms with van der Waals surface area (Å²) in [5.41, 5.74) is 0.586. The number of amides is 1. The van der Waals surface area contributed by atoms with Crippen LogP contribution in [0.5, 0.6) is 0 Å². The van der Waals surface area contributed by atoms with Gasteiger partial charge in [0.15, 0.2) is 0 Å². The molecule has 0 radical (unpaired) electrons. The highest BCUT2D eigenvalue weighted by Gasteiger charge is 2.28. The molecular formula is C15H18Cl2N2O3. The van der Waals surface area contributed by atoms with Gasteiger partial charge in [-0.2, -0.15) is 0 Å². The minimum Gasteiger partial charge on any atom is -0.481 e. The van der Waals surface area contributed by atoms with E-state index in [0.29, 0.717) is 22.3 Å². The van der Waals surface area contributed by atoms with Crippen molar-refractivity contribution in [2.75, 3.05) is 18.4 Å². The van der Waals surface area contributed by atoms with Crippen LogP contribution in [0.15, 0.2) is 18.2 Å². The topological polar surface area (TPSA) is 69.6 Å². The second-order valence-electron chi connectivity index (χ2n) is 5.31. The van der Waals surface area contributed by atoms with Crippen LogP contribution in [0.4, 0.5) is 5.69 Å². The van der Waals surface area contributed by atoms with Crippen molar-refractivity contribution in [3.63, 3.8) is 0 Å². The lowest BCUT2D eigenvalue weighted by atomic mass is 10.0. The van der Waals surface area contributed by atoms with Gasteiger partial charge in [0.1, 0.15) is 0 Å². The Morgan fingerprint density at radius 1 is 1.27 bits per heavy atom. The Balaban J connectivity index is 2.01. The van der Waals surface area contributed by atoms with Gasteiger partial charge < -0.3 is 10.4 Å². The molecule has 1 aromatic rings. The minimum absolute atomic E-state index is 0.0382.